The number of allylic oxidation sites excluding steroid dienone is 1. The maximum atomic E-state index is 4.13. The van der Waals surface area contributed by atoms with Gasteiger partial charge in [-0.25, -0.2) is 0 Å². The van der Waals surface area contributed by atoms with Crippen LogP contribution >= 0.6 is 14.0 Å². The molecule has 2 heteroatoms. The summed E-state index contributed by atoms with van der Waals surface area (Å²) in [5.41, 5.74) is 0.285. The van der Waals surface area contributed by atoms with Gasteiger partial charge < -0.3 is 0 Å². The van der Waals surface area contributed by atoms with E-state index in [0.29, 0.717) is 0 Å². The van der Waals surface area contributed by atoms with E-state index in [4.69, 9.17) is 0 Å². The number of rotatable bonds is 1. The van der Waals surface area contributed by atoms with Gasteiger partial charge in [-0.3, -0.25) is 0 Å². The molecule has 0 fully saturated rings. The van der Waals surface area contributed by atoms with E-state index in [0.717, 1.165) is 0 Å². The summed E-state index contributed by atoms with van der Waals surface area (Å²) in [6.45, 7) is 10.8. The second-order valence-electron chi connectivity index (χ2n) is 4.20. The van der Waals surface area contributed by atoms with Crippen LogP contribution in [0, 0.1) is 5.41 Å². The van der Waals surface area contributed by atoms with Gasteiger partial charge in [0, 0.05) is 0 Å². The van der Waals surface area contributed by atoms with Crippen LogP contribution in [0.3, 0.4) is 0 Å². The Labute approximate surface area is 74.1 Å². The SMILES string of the molecule is C=[C](C(C)(C)C)[Ge]([CH3])([CH3])[Br]. The third-order valence-electron chi connectivity index (χ3n) is 1.62. The van der Waals surface area contributed by atoms with Crippen LogP contribution in [0.15, 0.2) is 11.0 Å². The molecule has 0 aliphatic heterocycles. The zero-order chi connectivity index (χ0) is 8.58. The molecule has 0 atom stereocenters. The second kappa shape index (κ2) is 3.02. The Morgan fingerprint density at radius 2 is 1.60 bits per heavy atom. The van der Waals surface area contributed by atoms with Crippen molar-refractivity contribution >= 4 is 25.4 Å². The van der Waals surface area contributed by atoms with Crippen molar-refractivity contribution in [3.05, 3.63) is 11.0 Å². The van der Waals surface area contributed by atoms with Gasteiger partial charge in [0.15, 0.2) is 0 Å². The van der Waals surface area contributed by atoms with Crippen LogP contribution in [0.5, 0.6) is 0 Å². The minimum absolute atomic E-state index is 0.285. The quantitative estimate of drug-likeness (QED) is 0.634. The Morgan fingerprint density at radius 3 is 1.60 bits per heavy atom. The molecule has 0 spiro atoms. The third-order valence-corrected chi connectivity index (χ3v) is 8.69. The van der Waals surface area contributed by atoms with Gasteiger partial charge in [0.1, 0.15) is 0 Å². The van der Waals surface area contributed by atoms with E-state index in [-0.39, 0.29) is 5.41 Å². The Morgan fingerprint density at radius 1 is 1.30 bits per heavy atom. The molecule has 0 N–H and O–H groups in total. The molecule has 0 aromatic carbocycles. The number of hydrogen-bond acceptors (Lipinski definition) is 0. The van der Waals surface area contributed by atoms with Gasteiger partial charge >= 0.3 is 74.1 Å². The predicted octanol–water partition coefficient (Wildman–Crippen LogP) is 3.73. The zero-order valence-electron chi connectivity index (χ0n) is 7.59. The number of halogens is 1. The van der Waals surface area contributed by atoms with Crippen molar-refractivity contribution in [2.45, 2.75) is 32.3 Å². The summed E-state index contributed by atoms with van der Waals surface area (Å²) in [4.78, 5) is 0. The molecular weight excluding hydrogens is 249 g/mol. The molecule has 0 saturated heterocycles. The van der Waals surface area contributed by atoms with Gasteiger partial charge in [-0.15, -0.1) is 0 Å². The Bertz CT molecular complexity index is 120. The summed E-state index contributed by atoms with van der Waals surface area (Å²) in [5, 5.41) is 0. The van der Waals surface area contributed by atoms with Crippen molar-refractivity contribution in [3.8, 4) is 0 Å². The summed E-state index contributed by atoms with van der Waals surface area (Å²) in [6.07, 6.45) is 0. The summed E-state index contributed by atoms with van der Waals surface area (Å²) in [6, 6.07) is 0. The maximum absolute atomic E-state index is 4.13. The molecule has 0 heterocycles. The molecule has 0 rings (SSSR count). The molecule has 60 valence electrons. The molecule has 0 aromatic rings. The van der Waals surface area contributed by atoms with Crippen molar-refractivity contribution in [1.82, 2.24) is 0 Å². The Kier molecular flexibility index (Phi) is 3.25. The second-order valence-corrected chi connectivity index (χ2v) is 21.9. The average molecular weight is 266 g/mol. The van der Waals surface area contributed by atoms with Crippen molar-refractivity contribution in [1.29, 1.82) is 0 Å². The fourth-order valence-electron chi connectivity index (χ4n) is 0.892. The molecule has 0 aliphatic rings. The van der Waals surface area contributed by atoms with Crippen molar-refractivity contribution < 1.29 is 0 Å². The molecule has 0 saturated carbocycles. The van der Waals surface area contributed by atoms with Gasteiger partial charge in [0.25, 0.3) is 0 Å². The van der Waals surface area contributed by atoms with Crippen LogP contribution in [0.4, 0.5) is 0 Å². The van der Waals surface area contributed by atoms with E-state index in [1.165, 1.54) is 4.41 Å². The molecule has 0 unspecified atom stereocenters. The van der Waals surface area contributed by atoms with Crippen LogP contribution in [-0.4, -0.2) is 11.4 Å². The van der Waals surface area contributed by atoms with Gasteiger partial charge in [-0.2, -0.15) is 0 Å². The standard InChI is InChI=1S/C8H17BrGe/c1-7(8(2,3)4)10(5,6)9/h1H2,2-6H3. The van der Waals surface area contributed by atoms with Gasteiger partial charge in [-0.1, -0.05) is 0 Å². The number of hydrogen-bond donors (Lipinski definition) is 0. The monoisotopic (exact) mass is 266 g/mol. The van der Waals surface area contributed by atoms with E-state index >= 15 is 0 Å². The van der Waals surface area contributed by atoms with E-state index in [9.17, 15) is 0 Å². The summed E-state index contributed by atoms with van der Waals surface area (Å²) >= 11 is 2.02. The first-order chi connectivity index (χ1) is 4.15. The van der Waals surface area contributed by atoms with Crippen LogP contribution in [0.1, 0.15) is 20.8 Å². The van der Waals surface area contributed by atoms with Gasteiger partial charge in [0.2, 0.25) is 0 Å². The molecule has 0 aromatic heterocycles. The first-order valence-electron chi connectivity index (χ1n) is 3.54. The topological polar surface area (TPSA) is 0 Å². The van der Waals surface area contributed by atoms with Crippen molar-refractivity contribution in [2.75, 3.05) is 0 Å². The Hall–Kier alpha value is 0.763. The van der Waals surface area contributed by atoms with Crippen molar-refractivity contribution in [3.63, 3.8) is 0 Å². The molecular formula is C8H17BrGe. The zero-order valence-corrected chi connectivity index (χ0v) is 11.3. The molecule has 0 aliphatic carbocycles. The van der Waals surface area contributed by atoms with Crippen LogP contribution in [0.2, 0.25) is 11.5 Å². The molecule has 0 bridgehead atoms. The predicted molar refractivity (Wildman–Crippen MR) is 55.0 cm³/mol. The molecule has 10 heavy (non-hydrogen) atoms. The summed E-state index contributed by atoms with van der Waals surface area (Å²) in [7, 11) is 0. The molecule has 0 nitrogen and oxygen atoms in total. The minimum atomic E-state index is -1.75. The summed E-state index contributed by atoms with van der Waals surface area (Å²) < 4.78 is 1.42. The van der Waals surface area contributed by atoms with E-state index in [1.807, 2.05) is 0 Å². The van der Waals surface area contributed by atoms with Crippen molar-refractivity contribution in [2.24, 2.45) is 5.41 Å². The Balaban J connectivity index is 4.40. The van der Waals surface area contributed by atoms with E-state index in [2.05, 4.69) is 52.9 Å². The van der Waals surface area contributed by atoms with E-state index < -0.39 is 11.4 Å². The first-order valence-corrected chi connectivity index (χ1v) is 13.7. The molecule has 0 amide bonds. The first kappa shape index (κ1) is 10.8. The average Bonchev–Trinajstić information content (AvgIpc) is 1.59. The van der Waals surface area contributed by atoms with Gasteiger partial charge in [0.05, 0.1) is 0 Å². The molecule has 0 radical (unpaired) electrons. The van der Waals surface area contributed by atoms with E-state index in [1.54, 1.807) is 0 Å². The van der Waals surface area contributed by atoms with Crippen LogP contribution in [0.25, 0.3) is 0 Å². The fourth-order valence-corrected chi connectivity index (χ4v) is 7.72. The van der Waals surface area contributed by atoms with Gasteiger partial charge in [-0.05, 0) is 0 Å². The third kappa shape index (κ3) is 3.24. The van der Waals surface area contributed by atoms with Crippen LogP contribution < -0.4 is 0 Å². The summed E-state index contributed by atoms with van der Waals surface area (Å²) in [5.74, 6) is 4.63. The van der Waals surface area contributed by atoms with Crippen LogP contribution in [-0.2, 0) is 0 Å². The fraction of sp³-hybridized carbons (Fsp3) is 0.750. The normalized spacial score (nSPS) is 13.4.